The average Bonchev–Trinajstić information content (AvgIpc) is 3.22. The fraction of sp³-hybridized carbons (Fsp3) is 0.238. The Bertz CT molecular complexity index is 2400. The van der Waals surface area contributed by atoms with Crippen LogP contribution >= 0.6 is 34.8 Å². The van der Waals surface area contributed by atoms with Gasteiger partial charge in [0.1, 0.15) is 34.9 Å². The molecule has 0 saturated carbocycles. The van der Waals surface area contributed by atoms with E-state index in [1.807, 2.05) is 4.90 Å². The monoisotopic (exact) mass is 896 g/mol. The van der Waals surface area contributed by atoms with Crippen LogP contribution in [0, 0.1) is 23.3 Å². The zero-order valence-electron chi connectivity index (χ0n) is 33.2. The molecule has 0 atom stereocenters. The predicted molar refractivity (Wildman–Crippen MR) is 238 cm³/mol. The molecule has 0 spiro atoms. The summed E-state index contributed by atoms with van der Waals surface area (Å²) >= 11 is 17.1. The van der Waals surface area contributed by atoms with E-state index in [1.54, 1.807) is 54.7 Å². The number of benzene rings is 4. The molecule has 0 aliphatic carbocycles. The van der Waals surface area contributed by atoms with Gasteiger partial charge in [-0.25, -0.2) is 32.5 Å². The topological polar surface area (TPSA) is 127 Å². The van der Waals surface area contributed by atoms with Crippen LogP contribution in [0.15, 0.2) is 97.3 Å². The fourth-order valence-electron chi connectivity index (χ4n) is 6.18. The van der Waals surface area contributed by atoms with Crippen LogP contribution in [-0.4, -0.2) is 96.2 Å². The summed E-state index contributed by atoms with van der Waals surface area (Å²) in [6.07, 6.45) is 3.08. The van der Waals surface area contributed by atoms with Gasteiger partial charge in [-0.1, -0.05) is 23.2 Å². The van der Waals surface area contributed by atoms with Crippen molar-refractivity contribution in [3.63, 3.8) is 0 Å². The third-order valence-electron chi connectivity index (χ3n) is 9.53. The summed E-state index contributed by atoms with van der Waals surface area (Å²) < 4.78 is 54.5. The van der Waals surface area contributed by atoms with Gasteiger partial charge in [0, 0.05) is 87.5 Å². The van der Waals surface area contributed by atoms with E-state index in [1.165, 1.54) is 42.6 Å². The van der Waals surface area contributed by atoms with Gasteiger partial charge in [-0.15, -0.1) is 0 Å². The van der Waals surface area contributed by atoms with Gasteiger partial charge < -0.3 is 41.3 Å². The number of nitrogen functional groups attached to an aromatic ring is 1. The quantitative estimate of drug-likeness (QED) is 0.0661. The number of nitrogens with two attached hydrogens (primary N) is 1. The molecule has 2 saturated heterocycles. The minimum absolute atomic E-state index is 0.0170. The molecule has 320 valence electrons. The minimum Gasteiger partial charge on any atom is -0.399 e. The normalized spacial score (nSPS) is 14.3. The maximum atomic E-state index is 14.7. The van der Waals surface area contributed by atoms with Crippen molar-refractivity contribution >= 4 is 86.5 Å². The number of anilines is 9. The summed E-state index contributed by atoms with van der Waals surface area (Å²) in [6, 6.07) is 21.8. The van der Waals surface area contributed by atoms with Crippen molar-refractivity contribution in [3.8, 4) is 0 Å². The van der Waals surface area contributed by atoms with Crippen LogP contribution in [0.4, 0.5) is 69.3 Å². The second-order valence-corrected chi connectivity index (χ2v) is 15.2. The lowest BCUT2D eigenvalue weighted by molar-refractivity contribution is 0.311. The molecule has 0 amide bonds. The first-order valence-corrected chi connectivity index (χ1v) is 20.2. The number of likely N-dealkylation sites (N-methyl/N-ethyl adjacent to an activating group) is 2. The van der Waals surface area contributed by atoms with Crippen molar-refractivity contribution in [1.82, 2.24) is 29.7 Å². The van der Waals surface area contributed by atoms with Gasteiger partial charge in [0.25, 0.3) is 0 Å². The van der Waals surface area contributed by atoms with E-state index in [0.29, 0.717) is 51.7 Å². The van der Waals surface area contributed by atoms with Crippen LogP contribution in [0.5, 0.6) is 0 Å². The van der Waals surface area contributed by atoms with Crippen LogP contribution in [-0.2, 0) is 0 Å². The Morgan fingerprint density at radius 3 is 1.46 bits per heavy atom. The Labute approximate surface area is 366 Å². The first-order chi connectivity index (χ1) is 29.3. The van der Waals surface area contributed by atoms with E-state index >= 15 is 0 Å². The summed E-state index contributed by atoms with van der Waals surface area (Å²) in [5.74, 6) is -0.158. The van der Waals surface area contributed by atoms with Gasteiger partial charge >= 0.3 is 0 Å². The van der Waals surface area contributed by atoms with Crippen molar-refractivity contribution in [1.29, 1.82) is 0 Å². The van der Waals surface area contributed by atoms with Gasteiger partial charge in [0.15, 0.2) is 0 Å². The Balaban J connectivity index is 0.000000169. The first kappa shape index (κ1) is 44.9. The molecular formula is C42H43Cl3F4N12. The Kier molecular flexibility index (Phi) is 15.6. The molecule has 0 bridgehead atoms. The van der Waals surface area contributed by atoms with E-state index in [-0.39, 0.29) is 27.0 Å². The van der Waals surface area contributed by atoms with E-state index in [9.17, 15) is 17.6 Å². The maximum Gasteiger partial charge on any atom is 0.229 e. The molecule has 0 radical (unpaired) electrons. The Hall–Kier alpha value is -5.65. The van der Waals surface area contributed by atoms with Crippen LogP contribution in [0.1, 0.15) is 0 Å². The number of halogens is 7. The SMILES string of the molecule is CN1CCN(c2ccc(N)cc2F)CC1.CN1CCN(c2ccc(Nc3nccc(Nc4ccc(F)c(Cl)c4)n3)cc2F)CC1.Fc1ccc(Nc2ccnc(Cl)n2)cc1Cl. The Morgan fingerprint density at radius 2 is 0.967 bits per heavy atom. The van der Waals surface area contributed by atoms with Crippen molar-refractivity contribution in [2.45, 2.75) is 0 Å². The molecule has 4 heterocycles. The summed E-state index contributed by atoms with van der Waals surface area (Å²) in [6.45, 7) is 7.11. The average molecular weight is 898 g/mol. The lowest BCUT2D eigenvalue weighted by Crippen LogP contribution is -2.44. The van der Waals surface area contributed by atoms with Crippen molar-refractivity contribution in [2.24, 2.45) is 0 Å². The molecule has 8 rings (SSSR count). The largest absolute Gasteiger partial charge is 0.399 e. The fourth-order valence-corrected chi connectivity index (χ4v) is 6.69. The van der Waals surface area contributed by atoms with E-state index in [2.05, 4.69) is 64.7 Å². The van der Waals surface area contributed by atoms with Crippen LogP contribution in [0.2, 0.25) is 15.3 Å². The summed E-state index contributed by atoms with van der Waals surface area (Å²) in [5, 5.41) is 9.18. The summed E-state index contributed by atoms with van der Waals surface area (Å²) in [7, 11) is 4.14. The number of rotatable bonds is 8. The van der Waals surface area contributed by atoms with Gasteiger partial charge in [0.2, 0.25) is 11.2 Å². The number of piperazine rings is 2. The molecule has 2 fully saturated rings. The molecule has 6 aromatic rings. The number of hydrogen-bond acceptors (Lipinski definition) is 12. The molecule has 61 heavy (non-hydrogen) atoms. The summed E-state index contributed by atoms with van der Waals surface area (Å²) in [5.41, 5.74) is 9.02. The van der Waals surface area contributed by atoms with Gasteiger partial charge in [-0.2, -0.15) is 4.98 Å². The minimum atomic E-state index is -0.491. The van der Waals surface area contributed by atoms with Crippen LogP contribution in [0.25, 0.3) is 0 Å². The molecule has 2 aromatic heterocycles. The second kappa shape index (κ2) is 21.2. The van der Waals surface area contributed by atoms with Crippen molar-refractivity contribution < 1.29 is 17.6 Å². The molecule has 2 aliphatic rings. The predicted octanol–water partition coefficient (Wildman–Crippen LogP) is 9.47. The highest BCUT2D eigenvalue weighted by Gasteiger charge is 2.19. The lowest BCUT2D eigenvalue weighted by atomic mass is 10.2. The second-order valence-electron chi connectivity index (χ2n) is 14.1. The molecule has 2 aliphatic heterocycles. The van der Waals surface area contributed by atoms with E-state index < -0.39 is 11.6 Å². The molecule has 19 heteroatoms. The lowest BCUT2D eigenvalue weighted by Gasteiger charge is -2.34. The Morgan fingerprint density at radius 1 is 0.508 bits per heavy atom. The molecule has 5 N–H and O–H groups in total. The molecule has 4 aromatic carbocycles. The van der Waals surface area contributed by atoms with Gasteiger partial charge in [-0.05, 0) is 111 Å². The number of aromatic nitrogens is 4. The highest BCUT2D eigenvalue weighted by atomic mass is 35.5. The van der Waals surface area contributed by atoms with Gasteiger partial charge in [-0.3, -0.25) is 0 Å². The van der Waals surface area contributed by atoms with Crippen LogP contribution < -0.4 is 31.5 Å². The highest BCUT2D eigenvalue weighted by Crippen LogP contribution is 2.27. The summed E-state index contributed by atoms with van der Waals surface area (Å²) in [4.78, 5) is 24.8. The van der Waals surface area contributed by atoms with Crippen LogP contribution in [0.3, 0.4) is 0 Å². The van der Waals surface area contributed by atoms with Gasteiger partial charge in [0.05, 0.1) is 21.4 Å². The number of nitrogens with zero attached hydrogens (tertiary/aromatic N) is 8. The standard InChI is InChI=1S/C21H21ClF2N6.C11H16FN3.C10H6Cl2FN3/c1-29-8-10-30(11-9-29)19-5-3-15(13-18(19)24)27-21-25-7-6-20(28-21)26-14-2-4-17(23)16(22)12-14;1-14-4-6-15(7-5-14)11-3-2-9(13)8-10(11)12;11-7-5-6(1-2-8(7)13)15-9-3-4-14-10(12)16-9/h2-7,12-13H,8-11H2,1H3,(H2,25,26,27,28);2-3,8H,4-7,13H2,1H3;1-5H,(H,14,15,16). The molecular weight excluding hydrogens is 855 g/mol. The van der Waals surface area contributed by atoms with Crippen molar-refractivity contribution in [3.05, 3.63) is 136 Å². The number of hydrogen-bond donors (Lipinski definition) is 4. The highest BCUT2D eigenvalue weighted by molar-refractivity contribution is 6.31. The van der Waals surface area contributed by atoms with E-state index in [0.717, 1.165) is 52.4 Å². The molecule has 12 nitrogen and oxygen atoms in total. The zero-order chi connectivity index (χ0) is 43.5. The maximum absolute atomic E-state index is 14.7. The number of nitrogens with one attached hydrogen (secondary N) is 3. The third kappa shape index (κ3) is 13.2. The first-order valence-electron chi connectivity index (χ1n) is 19.0. The van der Waals surface area contributed by atoms with Crippen molar-refractivity contribution in [2.75, 3.05) is 97.9 Å². The van der Waals surface area contributed by atoms with E-state index in [4.69, 9.17) is 40.5 Å². The molecule has 0 unspecified atom stereocenters. The smallest absolute Gasteiger partial charge is 0.229 e. The zero-order valence-corrected chi connectivity index (χ0v) is 35.5. The third-order valence-corrected chi connectivity index (χ3v) is 10.3.